The molecule has 1 saturated heterocycles. The topological polar surface area (TPSA) is 38.5 Å². The van der Waals surface area contributed by atoms with Gasteiger partial charge in [-0.25, -0.2) is 8.78 Å². The summed E-state index contributed by atoms with van der Waals surface area (Å²) in [5, 5.41) is 0. The Morgan fingerprint density at radius 1 is 1.44 bits per heavy atom. The molecule has 2 N–H and O–H groups in total. The summed E-state index contributed by atoms with van der Waals surface area (Å²) in [4.78, 5) is 2.11. The van der Waals surface area contributed by atoms with E-state index in [1.165, 1.54) is 12.1 Å². The van der Waals surface area contributed by atoms with Crippen molar-refractivity contribution in [2.24, 2.45) is 5.73 Å². The Morgan fingerprint density at radius 2 is 2.22 bits per heavy atom. The van der Waals surface area contributed by atoms with Gasteiger partial charge in [0.05, 0.1) is 18.8 Å². The SMILES string of the molecule is CCN1CCOC(CN)C1c1ccc(F)cc1F. The first-order chi connectivity index (χ1) is 8.67. The zero-order valence-corrected chi connectivity index (χ0v) is 10.4. The van der Waals surface area contributed by atoms with E-state index in [-0.39, 0.29) is 12.1 Å². The van der Waals surface area contributed by atoms with Gasteiger partial charge in [-0.3, -0.25) is 4.90 Å². The molecule has 0 amide bonds. The zero-order chi connectivity index (χ0) is 13.1. The van der Waals surface area contributed by atoms with E-state index < -0.39 is 11.6 Å². The third kappa shape index (κ3) is 2.53. The Balaban J connectivity index is 2.36. The second kappa shape index (κ2) is 5.73. The van der Waals surface area contributed by atoms with Crippen LogP contribution in [0.1, 0.15) is 18.5 Å². The number of halogens is 2. The first kappa shape index (κ1) is 13.4. The number of nitrogens with two attached hydrogens (primary N) is 1. The van der Waals surface area contributed by atoms with Crippen LogP contribution in [0, 0.1) is 11.6 Å². The highest BCUT2D eigenvalue weighted by Crippen LogP contribution is 2.30. The van der Waals surface area contributed by atoms with Crippen LogP contribution < -0.4 is 5.73 Å². The smallest absolute Gasteiger partial charge is 0.131 e. The minimum atomic E-state index is -0.569. The molecule has 2 atom stereocenters. The summed E-state index contributed by atoms with van der Waals surface area (Å²) < 4.78 is 32.4. The lowest BCUT2D eigenvalue weighted by molar-refractivity contribution is -0.0668. The Kier molecular flexibility index (Phi) is 4.27. The van der Waals surface area contributed by atoms with Gasteiger partial charge in [-0.1, -0.05) is 13.0 Å². The van der Waals surface area contributed by atoms with Crippen LogP contribution in [0.2, 0.25) is 0 Å². The molecule has 1 aromatic rings. The van der Waals surface area contributed by atoms with E-state index in [0.29, 0.717) is 18.7 Å². The quantitative estimate of drug-likeness (QED) is 0.894. The molecule has 0 aromatic heterocycles. The molecule has 0 saturated carbocycles. The predicted octanol–water partition coefficient (Wildman–Crippen LogP) is 1.69. The van der Waals surface area contributed by atoms with Gasteiger partial charge in [-0.2, -0.15) is 0 Å². The summed E-state index contributed by atoms with van der Waals surface area (Å²) in [6.45, 7) is 4.43. The molecule has 0 radical (unpaired) electrons. The summed E-state index contributed by atoms with van der Waals surface area (Å²) in [5.41, 5.74) is 6.13. The van der Waals surface area contributed by atoms with Gasteiger partial charge >= 0.3 is 0 Å². The van der Waals surface area contributed by atoms with Crippen molar-refractivity contribution in [3.8, 4) is 0 Å². The van der Waals surface area contributed by atoms with Gasteiger partial charge in [0.25, 0.3) is 0 Å². The number of hydrogen-bond acceptors (Lipinski definition) is 3. The fourth-order valence-corrected chi connectivity index (χ4v) is 2.48. The van der Waals surface area contributed by atoms with Crippen LogP contribution >= 0.6 is 0 Å². The Labute approximate surface area is 106 Å². The number of ether oxygens (including phenoxy) is 1. The highest BCUT2D eigenvalue weighted by Gasteiger charge is 2.33. The lowest BCUT2D eigenvalue weighted by atomic mass is 9.97. The van der Waals surface area contributed by atoms with E-state index in [0.717, 1.165) is 19.2 Å². The van der Waals surface area contributed by atoms with E-state index in [4.69, 9.17) is 10.5 Å². The van der Waals surface area contributed by atoms with E-state index in [2.05, 4.69) is 4.90 Å². The van der Waals surface area contributed by atoms with Gasteiger partial charge in [0.2, 0.25) is 0 Å². The van der Waals surface area contributed by atoms with E-state index in [1.54, 1.807) is 0 Å². The highest BCUT2D eigenvalue weighted by atomic mass is 19.1. The number of benzene rings is 1. The summed E-state index contributed by atoms with van der Waals surface area (Å²) in [6.07, 6.45) is -0.251. The maximum Gasteiger partial charge on any atom is 0.131 e. The molecular weight excluding hydrogens is 238 g/mol. The second-order valence-corrected chi connectivity index (χ2v) is 4.38. The van der Waals surface area contributed by atoms with Gasteiger partial charge < -0.3 is 10.5 Å². The number of hydrogen-bond donors (Lipinski definition) is 1. The number of nitrogens with zero attached hydrogens (tertiary/aromatic N) is 1. The van der Waals surface area contributed by atoms with E-state index in [1.807, 2.05) is 6.92 Å². The minimum Gasteiger partial charge on any atom is -0.374 e. The summed E-state index contributed by atoms with van der Waals surface area (Å²) in [5.74, 6) is -1.11. The lowest BCUT2D eigenvalue weighted by Crippen LogP contribution is -2.48. The molecule has 1 aliphatic rings. The normalized spacial score (nSPS) is 25.3. The molecule has 1 aliphatic heterocycles. The van der Waals surface area contributed by atoms with E-state index >= 15 is 0 Å². The van der Waals surface area contributed by atoms with Crippen LogP contribution in [0.4, 0.5) is 8.78 Å². The first-order valence-electron chi connectivity index (χ1n) is 6.18. The lowest BCUT2D eigenvalue weighted by Gasteiger charge is -2.40. The van der Waals surface area contributed by atoms with Crippen LogP contribution in [0.5, 0.6) is 0 Å². The molecule has 0 bridgehead atoms. The molecular formula is C13H18F2N2O. The molecule has 2 rings (SSSR count). The number of rotatable bonds is 3. The van der Waals surface area contributed by atoms with Crippen molar-refractivity contribution in [2.45, 2.75) is 19.1 Å². The van der Waals surface area contributed by atoms with Crippen LogP contribution in [-0.2, 0) is 4.74 Å². The summed E-state index contributed by atoms with van der Waals surface area (Å²) in [7, 11) is 0. The fourth-order valence-electron chi connectivity index (χ4n) is 2.48. The van der Waals surface area contributed by atoms with Crippen molar-refractivity contribution in [1.29, 1.82) is 0 Å². The van der Waals surface area contributed by atoms with Gasteiger partial charge in [0, 0.05) is 24.7 Å². The van der Waals surface area contributed by atoms with Crippen LogP contribution in [-0.4, -0.2) is 37.2 Å². The van der Waals surface area contributed by atoms with Crippen molar-refractivity contribution >= 4 is 0 Å². The molecule has 3 nitrogen and oxygen atoms in total. The zero-order valence-electron chi connectivity index (χ0n) is 10.4. The summed E-state index contributed by atoms with van der Waals surface area (Å²) in [6, 6.07) is 3.42. The van der Waals surface area contributed by atoms with Gasteiger partial charge in [-0.05, 0) is 12.6 Å². The van der Waals surface area contributed by atoms with Gasteiger partial charge in [0.15, 0.2) is 0 Å². The molecule has 1 fully saturated rings. The van der Waals surface area contributed by atoms with Gasteiger partial charge in [-0.15, -0.1) is 0 Å². The monoisotopic (exact) mass is 256 g/mol. The number of morpholine rings is 1. The Hall–Kier alpha value is -1.04. The molecule has 2 unspecified atom stereocenters. The maximum absolute atomic E-state index is 13.9. The van der Waals surface area contributed by atoms with Crippen molar-refractivity contribution in [3.63, 3.8) is 0 Å². The Morgan fingerprint density at radius 3 is 2.83 bits per heavy atom. The third-order valence-electron chi connectivity index (χ3n) is 3.38. The first-order valence-corrected chi connectivity index (χ1v) is 6.18. The highest BCUT2D eigenvalue weighted by molar-refractivity contribution is 5.24. The van der Waals surface area contributed by atoms with E-state index in [9.17, 15) is 8.78 Å². The van der Waals surface area contributed by atoms with Crippen molar-refractivity contribution in [1.82, 2.24) is 4.90 Å². The summed E-state index contributed by atoms with van der Waals surface area (Å²) >= 11 is 0. The standard InChI is InChI=1S/C13H18F2N2O/c1-2-17-5-6-18-12(8-16)13(17)10-4-3-9(14)7-11(10)15/h3-4,7,12-13H,2,5-6,8,16H2,1H3. The fraction of sp³-hybridized carbons (Fsp3) is 0.538. The second-order valence-electron chi connectivity index (χ2n) is 4.38. The Bertz CT molecular complexity index is 402. The molecule has 100 valence electrons. The van der Waals surface area contributed by atoms with Crippen molar-refractivity contribution < 1.29 is 13.5 Å². The molecule has 1 aromatic carbocycles. The largest absolute Gasteiger partial charge is 0.374 e. The third-order valence-corrected chi connectivity index (χ3v) is 3.38. The minimum absolute atomic E-state index is 0.241. The molecule has 1 heterocycles. The van der Waals surface area contributed by atoms with Crippen molar-refractivity contribution in [2.75, 3.05) is 26.2 Å². The molecule has 5 heteroatoms. The van der Waals surface area contributed by atoms with Crippen LogP contribution in [0.25, 0.3) is 0 Å². The molecule has 18 heavy (non-hydrogen) atoms. The van der Waals surface area contributed by atoms with Crippen molar-refractivity contribution in [3.05, 3.63) is 35.4 Å². The van der Waals surface area contributed by atoms with Crippen LogP contribution in [0.15, 0.2) is 18.2 Å². The van der Waals surface area contributed by atoms with Gasteiger partial charge in [0.1, 0.15) is 11.6 Å². The van der Waals surface area contributed by atoms with Crippen LogP contribution in [0.3, 0.4) is 0 Å². The average molecular weight is 256 g/mol. The average Bonchev–Trinajstić information content (AvgIpc) is 2.38. The number of likely N-dealkylation sites (N-methyl/N-ethyl adjacent to an activating group) is 1. The predicted molar refractivity (Wildman–Crippen MR) is 65.1 cm³/mol. The molecule has 0 aliphatic carbocycles. The maximum atomic E-state index is 13.9. The molecule has 0 spiro atoms.